The van der Waals surface area contributed by atoms with E-state index in [1.807, 2.05) is 0 Å². The highest BCUT2D eigenvalue weighted by molar-refractivity contribution is 7.89. The number of anilines is 1. The predicted molar refractivity (Wildman–Crippen MR) is 94.3 cm³/mol. The number of carbonyl (C=O) groups is 1. The highest BCUT2D eigenvalue weighted by atomic mass is 32.2. The van der Waals surface area contributed by atoms with E-state index >= 15 is 0 Å². The first kappa shape index (κ1) is 22.2. The van der Waals surface area contributed by atoms with Gasteiger partial charge in [0.15, 0.2) is 23.3 Å². The van der Waals surface area contributed by atoms with E-state index in [9.17, 15) is 35.2 Å². The zero-order valence-electron chi connectivity index (χ0n) is 15.8. The number of nitrogens with zero attached hydrogens (tertiary/aromatic N) is 3. The van der Waals surface area contributed by atoms with Crippen LogP contribution in [0.1, 0.15) is 18.5 Å². The average Bonchev–Trinajstić information content (AvgIpc) is 3.07. The predicted octanol–water partition coefficient (Wildman–Crippen LogP) is 2.46. The minimum absolute atomic E-state index is 0.0502. The van der Waals surface area contributed by atoms with E-state index in [-0.39, 0.29) is 30.8 Å². The van der Waals surface area contributed by atoms with Crippen LogP contribution in [0.15, 0.2) is 11.1 Å². The van der Waals surface area contributed by atoms with Gasteiger partial charge >= 0.3 is 0 Å². The SMILES string of the molecule is Cc1c(S(=O)(=O)N2CCCC(C(=O)Nc3c(F)c(F)c(F)c(F)c3F)C2)cnn1C. The molecule has 1 aliphatic heterocycles. The van der Waals surface area contributed by atoms with Gasteiger partial charge in [-0.15, -0.1) is 0 Å². The van der Waals surface area contributed by atoms with Gasteiger partial charge in [0.05, 0.1) is 17.8 Å². The van der Waals surface area contributed by atoms with Gasteiger partial charge < -0.3 is 5.32 Å². The van der Waals surface area contributed by atoms with E-state index < -0.39 is 56.6 Å². The van der Waals surface area contributed by atoms with Crippen molar-refractivity contribution < 1.29 is 35.2 Å². The second-order valence-electron chi connectivity index (χ2n) is 6.85. The Balaban J connectivity index is 1.83. The topological polar surface area (TPSA) is 84.3 Å². The zero-order chi connectivity index (χ0) is 22.4. The van der Waals surface area contributed by atoms with Gasteiger partial charge in [-0.2, -0.15) is 9.40 Å². The molecule has 2 heterocycles. The molecule has 3 rings (SSSR count). The van der Waals surface area contributed by atoms with Crippen LogP contribution in [0.3, 0.4) is 0 Å². The second-order valence-corrected chi connectivity index (χ2v) is 8.76. The Labute approximate surface area is 168 Å². The maximum absolute atomic E-state index is 13.8. The fourth-order valence-electron chi connectivity index (χ4n) is 3.19. The summed E-state index contributed by atoms with van der Waals surface area (Å²) in [4.78, 5) is 12.4. The van der Waals surface area contributed by atoms with E-state index in [1.54, 1.807) is 19.3 Å². The summed E-state index contributed by atoms with van der Waals surface area (Å²) in [7, 11) is -2.43. The quantitative estimate of drug-likeness (QED) is 0.439. The Morgan fingerprint density at radius 1 is 1.10 bits per heavy atom. The summed E-state index contributed by atoms with van der Waals surface area (Å²) in [5.41, 5.74) is -1.09. The zero-order valence-corrected chi connectivity index (χ0v) is 16.7. The molecule has 30 heavy (non-hydrogen) atoms. The van der Waals surface area contributed by atoms with Crippen LogP contribution in [0.25, 0.3) is 0 Å². The molecular weight excluding hydrogens is 435 g/mol. The first-order valence-corrected chi connectivity index (χ1v) is 10.2. The fourth-order valence-corrected chi connectivity index (χ4v) is 4.90. The van der Waals surface area contributed by atoms with Crippen molar-refractivity contribution >= 4 is 21.6 Å². The summed E-state index contributed by atoms with van der Waals surface area (Å²) >= 11 is 0. The summed E-state index contributed by atoms with van der Waals surface area (Å²) in [6.07, 6.45) is 1.59. The molecule has 13 heteroatoms. The van der Waals surface area contributed by atoms with Crippen LogP contribution in [-0.4, -0.2) is 41.5 Å². The minimum atomic E-state index is -3.99. The number of sulfonamides is 1. The molecule has 164 valence electrons. The summed E-state index contributed by atoms with van der Waals surface area (Å²) in [5.74, 6) is -13.2. The number of amides is 1. The molecule has 1 atom stereocenters. The molecule has 1 unspecified atom stereocenters. The molecule has 0 bridgehead atoms. The van der Waals surface area contributed by atoms with Gasteiger partial charge in [0.1, 0.15) is 10.6 Å². The molecule has 0 radical (unpaired) electrons. The average molecular weight is 452 g/mol. The molecule has 0 aliphatic carbocycles. The number of piperidine rings is 1. The molecule has 1 aromatic carbocycles. The summed E-state index contributed by atoms with van der Waals surface area (Å²) < 4.78 is 95.6. The molecule has 1 aromatic heterocycles. The number of benzene rings is 1. The molecular formula is C17H17F5N4O3S. The molecule has 1 N–H and O–H groups in total. The Morgan fingerprint density at radius 3 is 2.20 bits per heavy atom. The number of halogens is 5. The van der Waals surface area contributed by atoms with Crippen LogP contribution >= 0.6 is 0 Å². The lowest BCUT2D eigenvalue weighted by Gasteiger charge is -2.31. The Hall–Kier alpha value is -2.54. The highest BCUT2D eigenvalue weighted by Gasteiger charge is 2.36. The standard InChI is InChI=1S/C17H17F5N4O3S/c1-8-10(6-23-25(8)2)30(28,29)26-5-3-4-9(7-26)17(27)24-16-14(21)12(19)11(18)13(20)15(16)22/h6,9H,3-5,7H2,1-2H3,(H,24,27). The lowest BCUT2D eigenvalue weighted by molar-refractivity contribution is -0.120. The van der Waals surface area contributed by atoms with E-state index in [4.69, 9.17) is 0 Å². The maximum atomic E-state index is 13.8. The van der Waals surface area contributed by atoms with Crippen molar-refractivity contribution in [2.75, 3.05) is 18.4 Å². The van der Waals surface area contributed by atoms with Gasteiger partial charge in [0.25, 0.3) is 0 Å². The van der Waals surface area contributed by atoms with Crippen molar-refractivity contribution in [3.05, 3.63) is 41.0 Å². The summed E-state index contributed by atoms with van der Waals surface area (Å²) in [5, 5.41) is 5.59. The lowest BCUT2D eigenvalue weighted by atomic mass is 9.98. The van der Waals surface area contributed by atoms with Gasteiger partial charge in [-0.05, 0) is 19.8 Å². The van der Waals surface area contributed by atoms with Gasteiger partial charge in [-0.3, -0.25) is 9.48 Å². The number of rotatable bonds is 4. The largest absolute Gasteiger partial charge is 0.321 e. The highest BCUT2D eigenvalue weighted by Crippen LogP contribution is 2.30. The Kier molecular flexibility index (Phi) is 5.87. The van der Waals surface area contributed by atoms with E-state index in [0.717, 1.165) is 4.31 Å². The van der Waals surface area contributed by atoms with Crippen molar-refractivity contribution in [1.29, 1.82) is 0 Å². The van der Waals surface area contributed by atoms with Crippen molar-refractivity contribution in [2.45, 2.75) is 24.7 Å². The van der Waals surface area contributed by atoms with Gasteiger partial charge in [0.2, 0.25) is 21.7 Å². The van der Waals surface area contributed by atoms with Crippen molar-refractivity contribution in [1.82, 2.24) is 14.1 Å². The minimum Gasteiger partial charge on any atom is -0.321 e. The van der Waals surface area contributed by atoms with Crippen molar-refractivity contribution in [3.63, 3.8) is 0 Å². The van der Waals surface area contributed by atoms with E-state index in [2.05, 4.69) is 5.10 Å². The Bertz CT molecular complexity index is 1090. The van der Waals surface area contributed by atoms with E-state index in [0.29, 0.717) is 5.69 Å². The third-order valence-corrected chi connectivity index (χ3v) is 6.99. The summed E-state index contributed by atoms with van der Waals surface area (Å²) in [6.45, 7) is 1.33. The normalized spacial score (nSPS) is 17.9. The van der Waals surface area contributed by atoms with Crippen LogP contribution in [0, 0.1) is 41.9 Å². The smallest absolute Gasteiger partial charge is 0.246 e. The number of hydrogen-bond acceptors (Lipinski definition) is 4. The molecule has 0 spiro atoms. The van der Waals surface area contributed by atoms with Crippen LogP contribution in [-0.2, 0) is 21.9 Å². The number of hydrogen-bond donors (Lipinski definition) is 1. The summed E-state index contributed by atoms with van der Waals surface area (Å²) in [6, 6.07) is 0. The van der Waals surface area contributed by atoms with Crippen molar-refractivity contribution in [3.8, 4) is 0 Å². The second kappa shape index (κ2) is 7.95. The third kappa shape index (κ3) is 3.67. The number of nitrogens with one attached hydrogen (secondary N) is 1. The molecule has 1 fully saturated rings. The van der Waals surface area contributed by atoms with Gasteiger partial charge in [-0.1, -0.05) is 0 Å². The number of aromatic nitrogens is 2. The monoisotopic (exact) mass is 452 g/mol. The maximum Gasteiger partial charge on any atom is 0.246 e. The number of carbonyl (C=O) groups excluding carboxylic acids is 1. The molecule has 1 aliphatic rings. The molecule has 0 saturated carbocycles. The Morgan fingerprint density at radius 2 is 1.67 bits per heavy atom. The van der Waals surface area contributed by atoms with Crippen molar-refractivity contribution in [2.24, 2.45) is 13.0 Å². The molecule has 1 saturated heterocycles. The van der Waals surface area contributed by atoms with Crippen LogP contribution in [0.2, 0.25) is 0 Å². The molecule has 2 aromatic rings. The molecule has 1 amide bonds. The van der Waals surface area contributed by atoms with E-state index in [1.165, 1.54) is 10.9 Å². The van der Waals surface area contributed by atoms with Gasteiger partial charge in [-0.25, -0.2) is 30.4 Å². The van der Waals surface area contributed by atoms with Crippen LogP contribution in [0.4, 0.5) is 27.6 Å². The number of aryl methyl sites for hydroxylation is 1. The van der Waals surface area contributed by atoms with Crippen LogP contribution < -0.4 is 5.32 Å². The van der Waals surface area contributed by atoms with Gasteiger partial charge in [0, 0.05) is 20.1 Å². The first-order chi connectivity index (χ1) is 14.0. The first-order valence-electron chi connectivity index (χ1n) is 8.77. The third-order valence-electron chi connectivity index (χ3n) is 5.02. The fraction of sp³-hybridized carbons (Fsp3) is 0.412. The van der Waals surface area contributed by atoms with Crippen LogP contribution in [0.5, 0.6) is 0 Å². The lowest BCUT2D eigenvalue weighted by Crippen LogP contribution is -2.44. The molecule has 7 nitrogen and oxygen atoms in total.